The van der Waals surface area contributed by atoms with E-state index in [0.29, 0.717) is 12.6 Å². The Bertz CT molecular complexity index is 1020. The first kappa shape index (κ1) is 23.6. The molecule has 30 heavy (non-hydrogen) atoms. The normalized spacial score (nSPS) is 9.40. The summed E-state index contributed by atoms with van der Waals surface area (Å²) in [5, 5.41) is 21.1. The molecule has 0 fully saturated rings. The van der Waals surface area contributed by atoms with Crippen molar-refractivity contribution in [3.8, 4) is 0 Å². The minimum Gasteiger partial charge on any atom is -0.465 e. The van der Waals surface area contributed by atoms with Gasteiger partial charge in [0.1, 0.15) is 11.8 Å². The third-order valence-corrected chi connectivity index (χ3v) is 3.54. The molecule has 0 spiro atoms. The molecule has 12 heteroatoms. The van der Waals surface area contributed by atoms with Crippen LogP contribution in [0.1, 0.15) is 41.4 Å². The minimum absolute atomic E-state index is 0.0369. The molecule has 0 amide bonds. The molecule has 2 aromatic rings. The first-order valence-corrected chi connectivity index (χ1v) is 7.84. The standard InChI is InChI=1S/2C9H7NO5/c1-15-9(12)6-2-3-7(5-11)8(4-6)10(13)14;1-15-9(12)7-3-2-6(5-11)4-8(7)10(13)14/h2*2-5H,1H3. The van der Waals surface area contributed by atoms with Gasteiger partial charge in [-0.1, -0.05) is 6.07 Å². The van der Waals surface area contributed by atoms with Crippen molar-refractivity contribution < 1.29 is 38.5 Å². The van der Waals surface area contributed by atoms with Crippen LogP contribution >= 0.6 is 0 Å². The summed E-state index contributed by atoms with van der Waals surface area (Å²) in [7, 11) is 2.29. The third-order valence-electron chi connectivity index (χ3n) is 3.54. The van der Waals surface area contributed by atoms with Crippen LogP contribution < -0.4 is 0 Å². The summed E-state index contributed by atoms with van der Waals surface area (Å²) < 4.78 is 8.76. The topological polar surface area (TPSA) is 173 Å². The molecular weight excluding hydrogens is 404 g/mol. The predicted octanol–water partition coefficient (Wildman–Crippen LogP) is 2.39. The molecule has 0 aliphatic rings. The van der Waals surface area contributed by atoms with Crippen LogP contribution in [0.3, 0.4) is 0 Å². The maximum absolute atomic E-state index is 11.1. The lowest BCUT2D eigenvalue weighted by molar-refractivity contribution is -0.385. The second-order valence-electron chi connectivity index (χ2n) is 5.28. The molecule has 0 saturated carbocycles. The van der Waals surface area contributed by atoms with E-state index < -0.39 is 33.2 Å². The molecule has 0 atom stereocenters. The smallest absolute Gasteiger partial charge is 0.344 e. The van der Waals surface area contributed by atoms with E-state index in [1.165, 1.54) is 31.4 Å². The van der Waals surface area contributed by atoms with E-state index in [-0.39, 0.29) is 22.3 Å². The summed E-state index contributed by atoms with van der Waals surface area (Å²) in [6.07, 6.45) is 0.827. The zero-order valence-electron chi connectivity index (χ0n) is 15.6. The Morgan fingerprint density at radius 3 is 1.90 bits per heavy atom. The molecule has 0 heterocycles. The Morgan fingerprint density at radius 2 is 1.43 bits per heavy atom. The summed E-state index contributed by atoms with van der Waals surface area (Å²) in [6, 6.07) is 7.04. The molecule has 156 valence electrons. The van der Waals surface area contributed by atoms with Gasteiger partial charge >= 0.3 is 11.9 Å². The quantitative estimate of drug-likeness (QED) is 0.293. The predicted molar refractivity (Wildman–Crippen MR) is 99.6 cm³/mol. The number of nitrogens with zero attached hydrogens (tertiary/aromatic N) is 2. The Balaban J connectivity index is 0.000000300. The first-order valence-electron chi connectivity index (χ1n) is 7.84. The minimum atomic E-state index is -0.806. The van der Waals surface area contributed by atoms with Crippen molar-refractivity contribution in [2.24, 2.45) is 0 Å². The number of hydrogen-bond donors (Lipinski definition) is 0. The summed E-state index contributed by atoms with van der Waals surface area (Å²) >= 11 is 0. The highest BCUT2D eigenvalue weighted by Gasteiger charge is 2.21. The molecule has 0 aliphatic heterocycles. The summed E-state index contributed by atoms with van der Waals surface area (Å²) in [6.45, 7) is 0. The van der Waals surface area contributed by atoms with E-state index in [9.17, 15) is 39.4 Å². The fourth-order valence-electron chi connectivity index (χ4n) is 2.10. The first-order chi connectivity index (χ1) is 14.2. The number of carbonyl (C=O) groups is 4. The van der Waals surface area contributed by atoms with Crippen LogP contribution in [0.2, 0.25) is 0 Å². The van der Waals surface area contributed by atoms with E-state index in [2.05, 4.69) is 9.47 Å². The highest BCUT2D eigenvalue weighted by molar-refractivity contribution is 5.95. The number of nitro groups is 2. The van der Waals surface area contributed by atoms with Gasteiger partial charge in [0.25, 0.3) is 11.4 Å². The van der Waals surface area contributed by atoms with Crippen molar-refractivity contribution in [3.63, 3.8) is 0 Å². The van der Waals surface area contributed by atoms with Crippen molar-refractivity contribution in [3.05, 3.63) is 78.9 Å². The number of nitro benzene ring substituents is 2. The molecule has 0 bridgehead atoms. The van der Waals surface area contributed by atoms with E-state index in [4.69, 9.17) is 0 Å². The highest BCUT2D eigenvalue weighted by Crippen LogP contribution is 2.20. The number of esters is 2. The van der Waals surface area contributed by atoms with Gasteiger partial charge in [0, 0.05) is 17.7 Å². The maximum atomic E-state index is 11.1. The van der Waals surface area contributed by atoms with Gasteiger partial charge in [-0.15, -0.1) is 0 Å². The second-order valence-corrected chi connectivity index (χ2v) is 5.28. The molecule has 0 N–H and O–H groups in total. The van der Waals surface area contributed by atoms with E-state index >= 15 is 0 Å². The van der Waals surface area contributed by atoms with Crippen LogP contribution in [0.5, 0.6) is 0 Å². The van der Waals surface area contributed by atoms with Crippen molar-refractivity contribution in [2.45, 2.75) is 0 Å². The number of rotatable bonds is 6. The fraction of sp³-hybridized carbons (Fsp3) is 0.111. The van der Waals surface area contributed by atoms with Gasteiger partial charge in [-0.3, -0.25) is 29.8 Å². The molecular formula is C18H14N2O10. The van der Waals surface area contributed by atoms with Crippen molar-refractivity contribution in [2.75, 3.05) is 14.2 Å². The van der Waals surface area contributed by atoms with Crippen LogP contribution in [0.25, 0.3) is 0 Å². The Hall–Kier alpha value is -4.48. The van der Waals surface area contributed by atoms with Crippen molar-refractivity contribution in [1.82, 2.24) is 0 Å². The van der Waals surface area contributed by atoms with Crippen LogP contribution in [-0.2, 0) is 9.47 Å². The van der Waals surface area contributed by atoms with Gasteiger partial charge in [-0.2, -0.15) is 0 Å². The van der Waals surface area contributed by atoms with Gasteiger partial charge in [0.15, 0.2) is 6.29 Å². The van der Waals surface area contributed by atoms with Crippen LogP contribution in [0.15, 0.2) is 36.4 Å². The molecule has 0 saturated heterocycles. The summed E-state index contributed by atoms with van der Waals surface area (Å²) in [4.78, 5) is 62.7. The number of carbonyl (C=O) groups excluding carboxylic acids is 4. The average Bonchev–Trinajstić information content (AvgIpc) is 2.77. The molecule has 0 aliphatic carbocycles. The van der Waals surface area contributed by atoms with Crippen LogP contribution in [-0.4, -0.2) is 48.6 Å². The van der Waals surface area contributed by atoms with Crippen LogP contribution in [0, 0.1) is 20.2 Å². The Labute approximate surface area is 168 Å². The number of benzene rings is 2. The lowest BCUT2D eigenvalue weighted by Gasteiger charge is -2.00. The SMILES string of the molecule is COC(=O)c1ccc(C=O)c([N+](=O)[O-])c1.COC(=O)c1ccc(C=O)cc1[N+](=O)[O-]. The van der Waals surface area contributed by atoms with Gasteiger partial charge in [-0.25, -0.2) is 9.59 Å². The second kappa shape index (κ2) is 10.8. The van der Waals surface area contributed by atoms with Gasteiger partial charge in [0.05, 0.1) is 35.2 Å². The van der Waals surface area contributed by atoms with Gasteiger partial charge in [0.2, 0.25) is 0 Å². The molecule has 0 unspecified atom stereocenters. The Kier molecular flexibility index (Phi) is 8.44. The molecule has 2 rings (SSSR count). The number of ether oxygens (including phenoxy) is 2. The van der Waals surface area contributed by atoms with E-state index in [1.54, 1.807) is 0 Å². The van der Waals surface area contributed by atoms with Crippen molar-refractivity contribution in [1.29, 1.82) is 0 Å². The average molecular weight is 418 g/mol. The lowest BCUT2D eigenvalue weighted by atomic mass is 10.1. The molecule has 2 aromatic carbocycles. The Morgan fingerprint density at radius 1 is 0.833 bits per heavy atom. The largest absolute Gasteiger partial charge is 0.465 e. The molecule has 0 radical (unpaired) electrons. The number of hydrogen-bond acceptors (Lipinski definition) is 10. The van der Waals surface area contributed by atoms with Crippen LogP contribution in [0.4, 0.5) is 11.4 Å². The zero-order chi connectivity index (χ0) is 22.8. The maximum Gasteiger partial charge on any atom is 0.344 e. The third kappa shape index (κ3) is 5.76. The molecule has 0 aromatic heterocycles. The number of methoxy groups -OCH3 is 2. The highest BCUT2D eigenvalue weighted by atomic mass is 16.6. The van der Waals surface area contributed by atoms with E-state index in [1.807, 2.05) is 0 Å². The van der Waals surface area contributed by atoms with Gasteiger partial charge in [-0.05, 0) is 18.2 Å². The fourth-order valence-corrected chi connectivity index (χ4v) is 2.10. The summed E-state index contributed by atoms with van der Waals surface area (Å²) in [5.74, 6) is -1.49. The summed E-state index contributed by atoms with van der Waals surface area (Å²) in [5.41, 5.74) is -0.927. The van der Waals surface area contributed by atoms with Gasteiger partial charge < -0.3 is 9.47 Å². The number of aldehydes is 2. The monoisotopic (exact) mass is 418 g/mol. The zero-order valence-corrected chi connectivity index (χ0v) is 15.6. The van der Waals surface area contributed by atoms with E-state index in [0.717, 1.165) is 19.2 Å². The van der Waals surface area contributed by atoms with Crippen molar-refractivity contribution >= 4 is 35.9 Å². The molecule has 12 nitrogen and oxygen atoms in total. The lowest BCUT2D eigenvalue weighted by Crippen LogP contribution is -2.06.